The van der Waals surface area contributed by atoms with Crippen molar-refractivity contribution in [3.8, 4) is 11.3 Å². The van der Waals surface area contributed by atoms with Crippen molar-refractivity contribution in [3.63, 3.8) is 0 Å². The number of nitrogens with one attached hydrogen (secondary N) is 3. The van der Waals surface area contributed by atoms with Gasteiger partial charge in [-0.2, -0.15) is 0 Å². The molecule has 2 amide bonds. The summed E-state index contributed by atoms with van der Waals surface area (Å²) in [5.41, 5.74) is 5.70. The quantitative estimate of drug-likeness (QED) is 0.112. The van der Waals surface area contributed by atoms with Gasteiger partial charge in [-0.3, -0.25) is 15.0 Å². The van der Waals surface area contributed by atoms with Crippen LogP contribution in [0.25, 0.3) is 11.3 Å². The van der Waals surface area contributed by atoms with Crippen molar-refractivity contribution in [2.24, 2.45) is 0 Å². The van der Waals surface area contributed by atoms with Gasteiger partial charge in [0.05, 0.1) is 11.4 Å². The second kappa shape index (κ2) is 15.0. The van der Waals surface area contributed by atoms with Gasteiger partial charge in [0.25, 0.3) is 0 Å². The molecule has 9 heteroatoms. The number of pyridine rings is 1. The number of carbonyl (C=O) groups excluding carboxylic acids is 1. The number of urea groups is 1. The molecule has 236 valence electrons. The number of carbonyl (C=O) groups is 1. The average molecular weight is 626 g/mol. The van der Waals surface area contributed by atoms with Gasteiger partial charge in [-0.25, -0.2) is 18.2 Å². The summed E-state index contributed by atoms with van der Waals surface area (Å²) in [6, 6.07) is 30.3. The summed E-state index contributed by atoms with van der Waals surface area (Å²) in [6.45, 7) is 9.23. The van der Waals surface area contributed by atoms with E-state index in [1.807, 2.05) is 67.6 Å². The molecule has 0 aliphatic heterocycles. The molecule has 1 heterocycles. The predicted molar refractivity (Wildman–Crippen MR) is 183 cm³/mol. The fourth-order valence-corrected chi connectivity index (χ4v) is 6.07. The van der Waals surface area contributed by atoms with Crippen molar-refractivity contribution in [2.45, 2.75) is 64.7 Å². The summed E-state index contributed by atoms with van der Waals surface area (Å²) in [4.78, 5) is 18.8. The number of hydrogen-bond donors (Lipinski definition) is 3. The highest BCUT2D eigenvalue weighted by molar-refractivity contribution is 7.91. The molecule has 0 aliphatic rings. The van der Waals surface area contributed by atoms with E-state index in [0.29, 0.717) is 36.6 Å². The number of sulfonamides is 1. The summed E-state index contributed by atoms with van der Waals surface area (Å²) < 4.78 is 27.9. The highest BCUT2D eigenvalue weighted by Gasteiger charge is 2.17. The average Bonchev–Trinajstić information content (AvgIpc) is 3.00. The van der Waals surface area contributed by atoms with Gasteiger partial charge in [-0.05, 0) is 59.6 Å². The monoisotopic (exact) mass is 625 g/mol. The van der Waals surface area contributed by atoms with Gasteiger partial charge < -0.3 is 5.32 Å². The van der Waals surface area contributed by atoms with Gasteiger partial charge in [0.1, 0.15) is 11.7 Å². The second-order valence-corrected chi connectivity index (χ2v) is 13.8. The Bertz CT molecular complexity index is 1680. The lowest BCUT2D eigenvalue weighted by molar-refractivity contribution is 0.221. The molecule has 3 N–H and O–H groups in total. The number of aromatic nitrogens is 1. The zero-order valence-electron chi connectivity index (χ0n) is 26.5. The lowest BCUT2D eigenvalue weighted by Gasteiger charge is -2.22. The summed E-state index contributed by atoms with van der Waals surface area (Å²) in [5.74, 6) is 0.443. The van der Waals surface area contributed by atoms with Crippen molar-refractivity contribution < 1.29 is 13.2 Å². The molecule has 0 fully saturated rings. The minimum atomic E-state index is -3.60. The van der Waals surface area contributed by atoms with Crippen LogP contribution in [0, 0.1) is 5.41 Å². The maximum Gasteiger partial charge on any atom is 0.323 e. The standard InChI is InChI=1S/C36H43N5O3S/c1-5-41(35(42)38-25-28-19-23-31(24-20-28)36(2,3)4)33(37)15-9-13-27-17-21-30(22-18-27)32-14-10-16-34(39-32)40-45(43,44)26-29-11-7-6-8-12-29/h6-8,10-12,14,16-24,37H,5,9,13,15,25-26H2,1-4H3,(H,38,42)(H,39,40). The van der Waals surface area contributed by atoms with E-state index < -0.39 is 10.0 Å². The number of benzene rings is 3. The molecule has 8 nitrogen and oxygen atoms in total. The highest BCUT2D eigenvalue weighted by Crippen LogP contribution is 2.23. The number of nitrogens with zero attached hydrogens (tertiary/aromatic N) is 2. The van der Waals surface area contributed by atoms with Crippen LogP contribution in [0.1, 0.15) is 62.8 Å². The van der Waals surface area contributed by atoms with Crippen LogP contribution in [0.15, 0.2) is 97.1 Å². The van der Waals surface area contributed by atoms with E-state index in [1.165, 1.54) is 10.5 Å². The summed E-state index contributed by atoms with van der Waals surface area (Å²) >= 11 is 0. The van der Waals surface area contributed by atoms with E-state index in [1.54, 1.807) is 24.3 Å². The fourth-order valence-electron chi connectivity index (χ4n) is 4.93. The van der Waals surface area contributed by atoms with Crippen LogP contribution in [0.3, 0.4) is 0 Å². The Balaban J connectivity index is 1.26. The first-order valence-corrected chi connectivity index (χ1v) is 16.9. The Hall–Kier alpha value is -4.50. The van der Waals surface area contributed by atoms with Crippen LogP contribution in [0.4, 0.5) is 10.6 Å². The van der Waals surface area contributed by atoms with Crippen LogP contribution < -0.4 is 10.0 Å². The molecule has 3 aromatic carbocycles. The lowest BCUT2D eigenvalue weighted by Crippen LogP contribution is -2.43. The molecular weight excluding hydrogens is 582 g/mol. The molecular formula is C36H43N5O3S. The maximum absolute atomic E-state index is 12.8. The number of anilines is 1. The molecule has 0 aliphatic carbocycles. The fraction of sp³-hybridized carbons (Fsp3) is 0.306. The van der Waals surface area contributed by atoms with Gasteiger partial charge in [-0.15, -0.1) is 0 Å². The molecule has 0 saturated heterocycles. The summed E-state index contributed by atoms with van der Waals surface area (Å²) in [5, 5.41) is 11.5. The van der Waals surface area contributed by atoms with Crippen molar-refractivity contribution >= 4 is 27.7 Å². The van der Waals surface area contributed by atoms with Crippen molar-refractivity contribution in [2.75, 3.05) is 11.3 Å². The molecule has 4 rings (SSSR count). The van der Waals surface area contributed by atoms with E-state index in [-0.39, 0.29) is 23.0 Å². The topological polar surface area (TPSA) is 115 Å². The Morgan fingerprint density at radius 2 is 1.51 bits per heavy atom. The molecule has 45 heavy (non-hydrogen) atoms. The Kier molecular flexibility index (Phi) is 11.1. The minimum Gasteiger partial charge on any atom is -0.334 e. The minimum absolute atomic E-state index is 0.0782. The zero-order chi connectivity index (χ0) is 32.5. The zero-order valence-corrected chi connectivity index (χ0v) is 27.3. The van der Waals surface area contributed by atoms with Crippen LogP contribution in [0.5, 0.6) is 0 Å². The first kappa shape index (κ1) is 33.4. The van der Waals surface area contributed by atoms with E-state index >= 15 is 0 Å². The SMILES string of the molecule is CCN(C(=N)CCCc1ccc(-c2cccc(NS(=O)(=O)Cc3ccccc3)n2)cc1)C(=O)NCc1ccc(C(C)(C)C)cc1. The second-order valence-electron chi connectivity index (χ2n) is 12.1. The first-order valence-electron chi connectivity index (χ1n) is 15.3. The van der Waals surface area contributed by atoms with Gasteiger partial charge in [0.15, 0.2) is 0 Å². The molecule has 0 atom stereocenters. The Labute approximate surface area is 267 Å². The first-order chi connectivity index (χ1) is 21.4. The highest BCUT2D eigenvalue weighted by atomic mass is 32.2. The smallest absolute Gasteiger partial charge is 0.323 e. The van der Waals surface area contributed by atoms with Crippen LogP contribution in [-0.4, -0.2) is 36.7 Å². The van der Waals surface area contributed by atoms with Gasteiger partial charge in [-0.1, -0.05) is 106 Å². The Morgan fingerprint density at radius 1 is 0.844 bits per heavy atom. The maximum atomic E-state index is 12.8. The third-order valence-corrected chi connectivity index (χ3v) is 8.72. The van der Waals surface area contributed by atoms with Crippen molar-refractivity contribution in [3.05, 3.63) is 119 Å². The van der Waals surface area contributed by atoms with Crippen LogP contribution in [0.2, 0.25) is 0 Å². The number of amides is 2. The molecule has 0 saturated carbocycles. The van der Waals surface area contributed by atoms with E-state index in [4.69, 9.17) is 5.41 Å². The van der Waals surface area contributed by atoms with E-state index in [0.717, 1.165) is 29.5 Å². The lowest BCUT2D eigenvalue weighted by atomic mass is 9.87. The Morgan fingerprint density at radius 3 is 2.16 bits per heavy atom. The van der Waals surface area contributed by atoms with Gasteiger partial charge in [0.2, 0.25) is 10.0 Å². The summed E-state index contributed by atoms with van der Waals surface area (Å²) in [7, 11) is -3.60. The third kappa shape index (κ3) is 10.0. The molecule has 4 aromatic rings. The molecule has 0 spiro atoms. The molecule has 0 bridgehead atoms. The van der Waals surface area contributed by atoms with Crippen molar-refractivity contribution in [1.82, 2.24) is 15.2 Å². The van der Waals surface area contributed by atoms with Crippen LogP contribution in [-0.2, 0) is 34.2 Å². The largest absolute Gasteiger partial charge is 0.334 e. The number of amidine groups is 1. The normalized spacial score (nSPS) is 11.6. The molecule has 1 aromatic heterocycles. The molecule has 0 unspecified atom stereocenters. The summed E-state index contributed by atoms with van der Waals surface area (Å²) in [6.07, 6.45) is 1.97. The number of rotatable bonds is 12. The predicted octanol–water partition coefficient (Wildman–Crippen LogP) is 7.52. The van der Waals surface area contributed by atoms with Gasteiger partial charge >= 0.3 is 6.03 Å². The van der Waals surface area contributed by atoms with Crippen LogP contribution >= 0.6 is 0 Å². The van der Waals surface area contributed by atoms with Crippen molar-refractivity contribution in [1.29, 1.82) is 5.41 Å². The number of hydrogen-bond acceptors (Lipinski definition) is 5. The van der Waals surface area contributed by atoms with E-state index in [2.05, 4.69) is 47.9 Å². The van der Waals surface area contributed by atoms with E-state index in [9.17, 15) is 13.2 Å². The third-order valence-electron chi connectivity index (χ3n) is 7.49. The number of aryl methyl sites for hydroxylation is 1. The molecule has 0 radical (unpaired) electrons. The van der Waals surface area contributed by atoms with Gasteiger partial charge in [0, 0.05) is 25.1 Å².